The lowest BCUT2D eigenvalue weighted by Crippen LogP contribution is -2.60. The van der Waals surface area contributed by atoms with Gasteiger partial charge in [-0.2, -0.15) is 0 Å². The third-order valence-electron chi connectivity index (χ3n) is 10.5. The summed E-state index contributed by atoms with van der Waals surface area (Å²) in [5.41, 5.74) is 1.28. The number of aliphatic hydroxyl groups is 5. The number of methoxy groups -OCH3 is 1. The molecular weight excluding hydrogens is 648 g/mol. The van der Waals surface area contributed by atoms with Gasteiger partial charge < -0.3 is 50.0 Å². The molecule has 2 amide bonds. The molecule has 9 atom stereocenters. The average molecular weight is 693 g/mol. The van der Waals surface area contributed by atoms with Crippen LogP contribution in [0.2, 0.25) is 18.6 Å². The van der Waals surface area contributed by atoms with Crippen LogP contribution in [0, 0.1) is 5.92 Å². The van der Waals surface area contributed by atoms with E-state index in [-0.39, 0.29) is 36.6 Å². The fraction of sp³-hybridized carbons (Fsp3) is 0.444. The van der Waals surface area contributed by atoms with Crippen molar-refractivity contribution in [2.24, 2.45) is 5.92 Å². The molecule has 0 radical (unpaired) electrons. The van der Waals surface area contributed by atoms with Gasteiger partial charge in [0.15, 0.2) is 18.0 Å². The highest BCUT2D eigenvalue weighted by molar-refractivity contribution is 6.91. The molecule has 6 rings (SSSR count). The normalized spacial score (nSPS) is 31.2. The molecule has 3 aromatic rings. The number of benzene rings is 3. The van der Waals surface area contributed by atoms with Crippen LogP contribution in [0.5, 0.6) is 5.75 Å². The van der Waals surface area contributed by atoms with Crippen LogP contribution >= 0.6 is 0 Å². The number of carbonyl (C=O) groups is 2. The molecule has 0 saturated carbocycles. The maximum atomic E-state index is 14.8. The third-order valence-corrected chi connectivity index (χ3v) is 14.9. The van der Waals surface area contributed by atoms with Crippen molar-refractivity contribution in [3.63, 3.8) is 0 Å². The van der Waals surface area contributed by atoms with Crippen molar-refractivity contribution < 1.29 is 49.3 Å². The summed E-state index contributed by atoms with van der Waals surface area (Å²) in [5.74, 6) is -0.470. The number of carbonyl (C=O) groups excluding carboxylic acids is 2. The smallest absolute Gasteiger partial charge is 0.264 e. The zero-order chi connectivity index (χ0) is 35.2. The van der Waals surface area contributed by atoms with Gasteiger partial charge in [0.1, 0.15) is 24.1 Å². The first-order valence-electron chi connectivity index (χ1n) is 16.5. The average Bonchev–Trinajstić information content (AvgIpc) is 3.52. The van der Waals surface area contributed by atoms with E-state index in [2.05, 4.69) is 37.5 Å². The van der Waals surface area contributed by atoms with Crippen molar-refractivity contribution in [3.8, 4) is 5.75 Å². The van der Waals surface area contributed by atoms with Gasteiger partial charge in [-0.25, -0.2) is 0 Å². The number of rotatable bonds is 9. The Kier molecular flexibility index (Phi) is 9.74. The van der Waals surface area contributed by atoms with Gasteiger partial charge in [-0.3, -0.25) is 9.59 Å². The number of nitrogens with zero attached hydrogens (tertiary/aromatic N) is 1. The topological polar surface area (TPSA) is 178 Å². The quantitative estimate of drug-likeness (QED) is 0.181. The molecule has 3 heterocycles. The molecule has 0 bridgehead atoms. The Morgan fingerprint density at radius 1 is 0.980 bits per heavy atom. The maximum absolute atomic E-state index is 14.8. The van der Waals surface area contributed by atoms with Crippen molar-refractivity contribution in [1.82, 2.24) is 0 Å². The largest absolute Gasteiger partial charge is 0.497 e. The molecule has 3 aromatic carbocycles. The molecule has 0 aromatic heterocycles. The number of aliphatic hydroxyl groups excluding tert-OH is 5. The highest BCUT2D eigenvalue weighted by Crippen LogP contribution is 2.60. The lowest BCUT2D eigenvalue weighted by Gasteiger charge is -2.37. The van der Waals surface area contributed by atoms with Crippen LogP contribution in [0.25, 0.3) is 0 Å². The summed E-state index contributed by atoms with van der Waals surface area (Å²) in [6.45, 7) is 6.75. The molecule has 49 heavy (non-hydrogen) atoms. The third kappa shape index (κ3) is 5.97. The summed E-state index contributed by atoms with van der Waals surface area (Å²) in [7, 11) is -0.683. The number of hydrogen-bond donors (Lipinski definition) is 6. The van der Waals surface area contributed by atoms with E-state index < -0.39 is 50.3 Å². The molecule has 2 fully saturated rings. The Balaban J connectivity index is 1.28. The lowest BCUT2D eigenvalue weighted by atomic mass is 9.82. The van der Waals surface area contributed by atoms with Gasteiger partial charge in [0, 0.05) is 23.8 Å². The van der Waals surface area contributed by atoms with Gasteiger partial charge >= 0.3 is 0 Å². The van der Waals surface area contributed by atoms with Crippen molar-refractivity contribution in [1.29, 1.82) is 0 Å². The Bertz CT molecular complexity index is 1690. The summed E-state index contributed by atoms with van der Waals surface area (Å²) < 4.78 is 17.4. The fourth-order valence-electron chi connectivity index (χ4n) is 8.04. The SMILES string of the molecule is COc1ccc([Si](C)(C)[C@@H]2[C@@H](CCO)O[C@]3(C(=O)N(Cc4cccc(NC(=O)[C@H]5O[C@@H](O)[C@H](O)[C@@H](O)[C@@H]5O)c4)c4ccccc43)[C@H]2C)cc1. The van der Waals surface area contributed by atoms with Crippen molar-refractivity contribution in [2.75, 3.05) is 23.9 Å². The summed E-state index contributed by atoms with van der Waals surface area (Å²) >= 11 is 0. The Morgan fingerprint density at radius 2 is 1.69 bits per heavy atom. The monoisotopic (exact) mass is 692 g/mol. The Morgan fingerprint density at radius 3 is 2.39 bits per heavy atom. The van der Waals surface area contributed by atoms with Gasteiger partial charge in [0.25, 0.3) is 11.8 Å². The predicted molar refractivity (Wildman–Crippen MR) is 183 cm³/mol. The minimum atomic E-state index is -2.32. The maximum Gasteiger partial charge on any atom is 0.264 e. The van der Waals surface area contributed by atoms with E-state index in [1.54, 1.807) is 30.2 Å². The van der Waals surface area contributed by atoms with Crippen LogP contribution in [0.15, 0.2) is 72.8 Å². The van der Waals surface area contributed by atoms with Crippen LogP contribution < -0.4 is 20.1 Å². The summed E-state index contributed by atoms with van der Waals surface area (Å²) in [6.07, 6.45) is -8.74. The first-order chi connectivity index (χ1) is 23.3. The van der Waals surface area contributed by atoms with Gasteiger partial charge in [-0.1, -0.05) is 67.7 Å². The molecule has 6 N–H and O–H groups in total. The van der Waals surface area contributed by atoms with Crippen LogP contribution in [-0.2, 0) is 31.2 Å². The van der Waals surface area contributed by atoms with Gasteiger partial charge in [-0.15, -0.1) is 0 Å². The number of ether oxygens (including phenoxy) is 3. The first kappa shape index (κ1) is 35.2. The van der Waals surface area contributed by atoms with E-state index in [1.807, 2.05) is 42.5 Å². The standard InChI is InChI=1S/C36H44N2O10Si/c1-20-32(49(3,4)24-14-12-23(46-2)13-15-24)27(16-17-39)48-36(20)25-10-5-6-11-26(25)38(35(36)45)19-21-8-7-9-22(18-21)37-33(43)31-29(41)28(40)30(42)34(44)47-31/h5-15,18,20,27-32,34,39-42,44H,16-17,19H2,1-4H3,(H,37,43)/t20-,27+,28-,29-,30+,31-,32-,34+,36+/m0/s1. The molecule has 0 aliphatic carbocycles. The van der Waals surface area contributed by atoms with E-state index in [0.717, 1.165) is 17.0 Å². The van der Waals surface area contributed by atoms with Crippen LogP contribution in [-0.4, -0.2) is 95.9 Å². The minimum Gasteiger partial charge on any atom is -0.497 e. The number of fused-ring (bicyclic) bond motifs is 2. The molecule has 1 spiro atoms. The van der Waals surface area contributed by atoms with Crippen molar-refractivity contribution in [2.45, 2.75) is 80.9 Å². The second-order valence-electron chi connectivity index (χ2n) is 13.7. The fourth-order valence-corrected chi connectivity index (χ4v) is 12.1. The highest BCUT2D eigenvalue weighted by Gasteiger charge is 2.66. The molecule has 0 unspecified atom stereocenters. The number of anilines is 2. The summed E-state index contributed by atoms with van der Waals surface area (Å²) in [5, 5.41) is 53.9. The second-order valence-corrected chi connectivity index (χ2v) is 18.4. The number of amides is 2. The number of nitrogens with one attached hydrogen (secondary N) is 1. The molecule has 3 aliphatic rings. The van der Waals surface area contributed by atoms with Crippen LogP contribution in [0.4, 0.5) is 11.4 Å². The van der Waals surface area contributed by atoms with E-state index in [1.165, 1.54) is 5.19 Å². The summed E-state index contributed by atoms with van der Waals surface area (Å²) in [4.78, 5) is 29.5. The number of hydrogen-bond acceptors (Lipinski definition) is 10. The molecule has 12 nitrogen and oxygen atoms in total. The highest BCUT2D eigenvalue weighted by atomic mass is 28.3. The first-order valence-corrected chi connectivity index (χ1v) is 19.5. The van der Waals surface area contributed by atoms with E-state index in [0.29, 0.717) is 17.7 Å². The second kappa shape index (κ2) is 13.6. The van der Waals surface area contributed by atoms with Crippen molar-refractivity contribution in [3.05, 3.63) is 83.9 Å². The zero-order valence-electron chi connectivity index (χ0n) is 27.9. The van der Waals surface area contributed by atoms with Gasteiger partial charge in [0.2, 0.25) is 0 Å². The molecule has 3 aliphatic heterocycles. The van der Waals surface area contributed by atoms with E-state index >= 15 is 0 Å². The van der Waals surface area contributed by atoms with Crippen LogP contribution in [0.1, 0.15) is 24.5 Å². The summed E-state index contributed by atoms with van der Waals surface area (Å²) in [6, 6.07) is 22.6. The predicted octanol–water partition coefficient (Wildman–Crippen LogP) is 1.58. The minimum absolute atomic E-state index is 0.000882. The molecular formula is C36H44N2O10Si. The zero-order valence-corrected chi connectivity index (χ0v) is 28.9. The molecule has 2 saturated heterocycles. The Hall–Kier alpha value is -3.66. The van der Waals surface area contributed by atoms with E-state index in [9.17, 15) is 35.1 Å². The molecule has 262 valence electrons. The number of para-hydroxylation sites is 1. The Labute approximate surface area is 285 Å². The van der Waals surface area contributed by atoms with Crippen molar-refractivity contribution >= 4 is 36.4 Å². The lowest BCUT2D eigenvalue weighted by molar-refractivity contribution is -0.274. The van der Waals surface area contributed by atoms with Gasteiger partial charge in [-0.05, 0) is 47.9 Å². The van der Waals surface area contributed by atoms with Crippen LogP contribution in [0.3, 0.4) is 0 Å². The molecule has 13 heteroatoms. The van der Waals surface area contributed by atoms with Gasteiger partial charge in [0.05, 0.1) is 33.5 Å². The van der Waals surface area contributed by atoms with E-state index in [4.69, 9.17) is 14.2 Å².